The van der Waals surface area contributed by atoms with Crippen molar-refractivity contribution in [3.8, 4) is 0 Å². The minimum atomic E-state index is -0.322. The summed E-state index contributed by atoms with van der Waals surface area (Å²) in [6, 6.07) is 14.5. The van der Waals surface area contributed by atoms with Gasteiger partial charge in [-0.15, -0.1) is 0 Å². The highest BCUT2D eigenvalue weighted by atomic mass is 16.3. The first kappa shape index (κ1) is 19.2. The molecule has 1 aromatic carbocycles. The van der Waals surface area contributed by atoms with Gasteiger partial charge < -0.3 is 14.8 Å². The van der Waals surface area contributed by atoms with Crippen LogP contribution in [0.5, 0.6) is 0 Å². The maximum Gasteiger partial charge on any atom is 0.220 e. The number of aryl methyl sites for hydroxylation is 1. The van der Waals surface area contributed by atoms with Crippen molar-refractivity contribution < 1.29 is 14.3 Å². The average Bonchev–Trinajstić information content (AvgIpc) is 3.09. The van der Waals surface area contributed by atoms with Gasteiger partial charge in [0.15, 0.2) is 0 Å². The molecule has 1 aliphatic heterocycles. The topological polar surface area (TPSA) is 65.7 Å². The number of β-amino-alcohol motifs (C(OH)–C–C–N with tert-alkyl or cyclic N) is 1. The lowest BCUT2D eigenvalue weighted by molar-refractivity contribution is -0.121. The molecule has 1 amide bonds. The van der Waals surface area contributed by atoms with Gasteiger partial charge in [-0.2, -0.15) is 0 Å². The van der Waals surface area contributed by atoms with Crippen LogP contribution in [0.15, 0.2) is 46.9 Å². The number of amides is 1. The molecule has 1 aromatic heterocycles. The van der Waals surface area contributed by atoms with Gasteiger partial charge in [-0.25, -0.2) is 0 Å². The van der Waals surface area contributed by atoms with E-state index in [0.717, 1.165) is 24.0 Å². The number of nitrogens with zero attached hydrogens (tertiary/aromatic N) is 1. The predicted octanol–water partition coefficient (Wildman–Crippen LogP) is 3.09. The second kappa shape index (κ2) is 8.50. The zero-order chi connectivity index (χ0) is 19.5. The molecule has 28 heavy (non-hydrogen) atoms. The van der Waals surface area contributed by atoms with Crippen LogP contribution in [-0.4, -0.2) is 41.1 Å². The third-order valence-electron chi connectivity index (χ3n) is 6.02. The van der Waals surface area contributed by atoms with Crippen molar-refractivity contribution in [2.24, 2.45) is 5.92 Å². The first-order chi connectivity index (χ1) is 13.6. The van der Waals surface area contributed by atoms with Gasteiger partial charge in [0.05, 0.1) is 6.10 Å². The van der Waals surface area contributed by atoms with Crippen LogP contribution in [0, 0.1) is 5.92 Å². The highest BCUT2D eigenvalue weighted by molar-refractivity contribution is 5.76. The highest BCUT2D eigenvalue weighted by Crippen LogP contribution is 2.47. The van der Waals surface area contributed by atoms with Crippen LogP contribution in [-0.2, 0) is 17.8 Å². The summed E-state index contributed by atoms with van der Waals surface area (Å²) in [6.07, 6.45) is 2.65. The molecule has 1 saturated heterocycles. The molecule has 2 heterocycles. The Bertz CT molecular complexity index is 788. The summed E-state index contributed by atoms with van der Waals surface area (Å²) < 4.78 is 5.88. The molecule has 1 aliphatic carbocycles. The van der Waals surface area contributed by atoms with Crippen molar-refractivity contribution in [1.82, 2.24) is 10.2 Å². The molecule has 2 N–H and O–H groups in total. The Balaban J connectivity index is 1.22. The number of likely N-dealkylation sites (tertiary alicyclic amines) is 1. The molecular formula is C23H30N2O3. The third kappa shape index (κ3) is 4.83. The molecule has 1 saturated carbocycles. The molecule has 5 nitrogen and oxygen atoms in total. The van der Waals surface area contributed by atoms with Crippen LogP contribution < -0.4 is 5.32 Å². The van der Waals surface area contributed by atoms with Gasteiger partial charge in [-0.3, -0.25) is 9.69 Å². The second-order valence-electron chi connectivity index (χ2n) is 8.39. The standard InChI is InChI=1S/C23H30N2O3/c1-16-11-21(16)22-9-7-20(28-22)8-10-23(27)24-13-18-12-19(26)15-25(18)14-17-5-3-2-4-6-17/h2-7,9,16,18-19,21,26H,8,10-15H2,1H3,(H,24,27)/t16-,18+,19+,21+/m1/s1. The van der Waals surface area contributed by atoms with Crippen molar-refractivity contribution in [2.75, 3.05) is 13.1 Å². The number of hydrogen-bond donors (Lipinski definition) is 2. The minimum Gasteiger partial charge on any atom is -0.466 e. The molecule has 2 aliphatic rings. The van der Waals surface area contributed by atoms with Gasteiger partial charge in [0, 0.05) is 44.4 Å². The lowest BCUT2D eigenvalue weighted by atomic mass is 10.1. The monoisotopic (exact) mass is 382 g/mol. The fourth-order valence-electron chi connectivity index (χ4n) is 4.18. The molecule has 2 fully saturated rings. The summed E-state index contributed by atoms with van der Waals surface area (Å²) in [7, 11) is 0. The Morgan fingerprint density at radius 2 is 2.00 bits per heavy atom. The Morgan fingerprint density at radius 1 is 1.21 bits per heavy atom. The highest BCUT2D eigenvalue weighted by Gasteiger charge is 2.36. The van der Waals surface area contributed by atoms with E-state index in [9.17, 15) is 9.90 Å². The summed E-state index contributed by atoms with van der Waals surface area (Å²) in [5.41, 5.74) is 1.23. The van der Waals surface area contributed by atoms with Gasteiger partial charge in [-0.05, 0) is 36.5 Å². The lowest BCUT2D eigenvalue weighted by Crippen LogP contribution is -2.39. The zero-order valence-corrected chi connectivity index (χ0v) is 16.5. The fourth-order valence-corrected chi connectivity index (χ4v) is 4.18. The number of benzene rings is 1. The van der Waals surface area contributed by atoms with Crippen LogP contribution in [0.3, 0.4) is 0 Å². The van der Waals surface area contributed by atoms with E-state index in [-0.39, 0.29) is 18.1 Å². The van der Waals surface area contributed by atoms with Crippen molar-refractivity contribution in [3.63, 3.8) is 0 Å². The summed E-state index contributed by atoms with van der Waals surface area (Å²) in [5.74, 6) is 3.30. The van der Waals surface area contributed by atoms with Gasteiger partial charge in [0.25, 0.3) is 0 Å². The van der Waals surface area contributed by atoms with E-state index < -0.39 is 0 Å². The first-order valence-electron chi connectivity index (χ1n) is 10.4. The number of aliphatic hydroxyl groups excluding tert-OH is 1. The number of furan rings is 1. The minimum absolute atomic E-state index is 0.0405. The first-order valence-corrected chi connectivity index (χ1v) is 10.4. The van der Waals surface area contributed by atoms with Crippen LogP contribution >= 0.6 is 0 Å². The molecule has 0 spiro atoms. The average molecular weight is 383 g/mol. The normalized spacial score (nSPS) is 27.1. The Kier molecular flexibility index (Phi) is 5.83. The Morgan fingerprint density at radius 3 is 2.75 bits per heavy atom. The van der Waals surface area contributed by atoms with E-state index in [4.69, 9.17) is 4.42 Å². The van der Waals surface area contributed by atoms with E-state index in [2.05, 4.69) is 35.3 Å². The number of carbonyl (C=O) groups is 1. The van der Waals surface area contributed by atoms with Crippen molar-refractivity contribution in [1.29, 1.82) is 0 Å². The molecule has 4 rings (SSSR count). The predicted molar refractivity (Wildman–Crippen MR) is 108 cm³/mol. The molecule has 2 aromatic rings. The number of carbonyl (C=O) groups excluding carboxylic acids is 1. The van der Waals surface area contributed by atoms with Gasteiger partial charge >= 0.3 is 0 Å². The van der Waals surface area contributed by atoms with Crippen molar-refractivity contribution in [2.45, 2.75) is 57.2 Å². The van der Waals surface area contributed by atoms with Crippen LogP contribution in [0.4, 0.5) is 0 Å². The maximum atomic E-state index is 12.3. The molecule has 0 unspecified atom stereocenters. The Hall–Kier alpha value is -2.11. The van der Waals surface area contributed by atoms with Crippen molar-refractivity contribution in [3.05, 3.63) is 59.5 Å². The molecule has 4 atom stereocenters. The summed E-state index contributed by atoms with van der Waals surface area (Å²) in [4.78, 5) is 14.6. The number of nitrogens with one attached hydrogen (secondary N) is 1. The fraction of sp³-hybridized carbons (Fsp3) is 0.522. The van der Waals surface area contributed by atoms with Crippen LogP contribution in [0.2, 0.25) is 0 Å². The number of hydrogen-bond acceptors (Lipinski definition) is 4. The second-order valence-corrected chi connectivity index (χ2v) is 8.39. The summed E-state index contributed by atoms with van der Waals surface area (Å²) in [5, 5.41) is 13.1. The van der Waals surface area contributed by atoms with E-state index in [0.29, 0.717) is 38.3 Å². The third-order valence-corrected chi connectivity index (χ3v) is 6.02. The summed E-state index contributed by atoms with van der Waals surface area (Å²) >= 11 is 0. The zero-order valence-electron chi connectivity index (χ0n) is 16.5. The molecule has 150 valence electrons. The quantitative estimate of drug-likeness (QED) is 0.736. The smallest absolute Gasteiger partial charge is 0.220 e. The largest absolute Gasteiger partial charge is 0.466 e. The molecule has 0 radical (unpaired) electrons. The lowest BCUT2D eigenvalue weighted by Gasteiger charge is -2.24. The van der Waals surface area contributed by atoms with Crippen molar-refractivity contribution >= 4 is 5.91 Å². The van der Waals surface area contributed by atoms with Crippen LogP contribution in [0.1, 0.15) is 49.2 Å². The van der Waals surface area contributed by atoms with Gasteiger partial charge in [0.2, 0.25) is 5.91 Å². The van der Waals surface area contributed by atoms with E-state index in [1.54, 1.807) is 0 Å². The SMILES string of the molecule is C[C@@H]1C[C@@H]1c1ccc(CCC(=O)NC[C@@H]2C[C@H](O)CN2Cc2ccccc2)o1. The number of rotatable bonds is 8. The van der Waals surface area contributed by atoms with Gasteiger partial charge in [-0.1, -0.05) is 37.3 Å². The van der Waals surface area contributed by atoms with E-state index in [1.165, 1.54) is 12.0 Å². The van der Waals surface area contributed by atoms with Gasteiger partial charge in [0.1, 0.15) is 11.5 Å². The maximum absolute atomic E-state index is 12.3. The number of aliphatic hydroxyl groups is 1. The molecular weight excluding hydrogens is 352 g/mol. The molecule has 5 heteroatoms. The van der Waals surface area contributed by atoms with E-state index in [1.807, 2.05) is 24.3 Å². The van der Waals surface area contributed by atoms with E-state index >= 15 is 0 Å². The Labute approximate surface area is 166 Å². The van der Waals surface area contributed by atoms with Crippen LogP contribution in [0.25, 0.3) is 0 Å². The summed E-state index contributed by atoms with van der Waals surface area (Å²) in [6.45, 7) is 4.27. The molecule has 0 bridgehead atoms.